The third-order valence-electron chi connectivity index (χ3n) is 4.88. The van der Waals surface area contributed by atoms with Crippen LogP contribution >= 0.6 is 0 Å². The van der Waals surface area contributed by atoms with Crippen LogP contribution in [-0.2, 0) is 13.1 Å². The van der Waals surface area contributed by atoms with Crippen LogP contribution < -0.4 is 4.90 Å². The summed E-state index contributed by atoms with van der Waals surface area (Å²) in [6.07, 6.45) is -2.72. The van der Waals surface area contributed by atoms with Crippen LogP contribution in [0, 0.1) is 0 Å². The Hall–Kier alpha value is -3.42. The van der Waals surface area contributed by atoms with Gasteiger partial charge in [0.2, 0.25) is 0 Å². The van der Waals surface area contributed by atoms with Crippen molar-refractivity contribution in [1.82, 2.24) is 24.7 Å². The first-order valence-electron chi connectivity index (χ1n) is 8.98. The quantitative estimate of drug-likeness (QED) is 0.542. The standard InChI is InChI=1S/C20H16F2N6/c21-17(22)18-23-15-9-5-4-8-14(15)20(24-18)27-10-11-28-16(12-27)25-26-19(28)13-6-2-1-3-7-13/h1-9,17H,10-12H2. The molecule has 0 spiro atoms. The largest absolute Gasteiger partial charge is 0.347 e. The number of rotatable bonds is 3. The predicted octanol–water partition coefficient (Wildman–Crippen LogP) is 3.85. The molecule has 8 heteroatoms. The summed E-state index contributed by atoms with van der Waals surface area (Å²) >= 11 is 0. The molecule has 1 aliphatic heterocycles. The van der Waals surface area contributed by atoms with Crippen LogP contribution in [0.15, 0.2) is 54.6 Å². The molecule has 0 amide bonds. The second-order valence-corrected chi connectivity index (χ2v) is 6.60. The molecule has 0 saturated carbocycles. The number of para-hydroxylation sites is 1. The van der Waals surface area contributed by atoms with Crippen molar-refractivity contribution < 1.29 is 8.78 Å². The second kappa shape index (κ2) is 6.63. The minimum absolute atomic E-state index is 0.448. The summed E-state index contributed by atoms with van der Waals surface area (Å²) in [7, 11) is 0. The molecule has 0 radical (unpaired) electrons. The minimum Gasteiger partial charge on any atom is -0.347 e. The number of hydrogen-bond acceptors (Lipinski definition) is 5. The Morgan fingerprint density at radius 2 is 1.64 bits per heavy atom. The lowest BCUT2D eigenvalue weighted by molar-refractivity contribution is 0.141. The Balaban J connectivity index is 1.55. The van der Waals surface area contributed by atoms with E-state index < -0.39 is 12.2 Å². The molecule has 0 bridgehead atoms. The van der Waals surface area contributed by atoms with Gasteiger partial charge in [-0.05, 0) is 12.1 Å². The third kappa shape index (κ3) is 2.77. The smallest absolute Gasteiger partial charge is 0.297 e. The summed E-state index contributed by atoms with van der Waals surface area (Å²) < 4.78 is 28.7. The summed E-state index contributed by atoms with van der Waals surface area (Å²) in [6.45, 7) is 1.72. The average molecular weight is 378 g/mol. The Morgan fingerprint density at radius 1 is 0.857 bits per heavy atom. The Bertz CT molecular complexity index is 1140. The maximum absolute atomic E-state index is 13.3. The fraction of sp³-hybridized carbons (Fsp3) is 0.200. The molecule has 0 unspecified atom stereocenters. The maximum Gasteiger partial charge on any atom is 0.297 e. The summed E-state index contributed by atoms with van der Waals surface area (Å²) in [5, 5.41) is 9.42. The molecule has 0 fully saturated rings. The first-order valence-corrected chi connectivity index (χ1v) is 8.98. The number of benzene rings is 2. The lowest BCUT2D eigenvalue weighted by Crippen LogP contribution is -2.35. The van der Waals surface area contributed by atoms with E-state index in [0.717, 1.165) is 22.6 Å². The van der Waals surface area contributed by atoms with Gasteiger partial charge in [0.15, 0.2) is 17.5 Å². The van der Waals surface area contributed by atoms with E-state index in [-0.39, 0.29) is 0 Å². The van der Waals surface area contributed by atoms with Crippen LogP contribution in [0.2, 0.25) is 0 Å². The lowest BCUT2D eigenvalue weighted by atomic mass is 10.2. The topological polar surface area (TPSA) is 59.7 Å². The lowest BCUT2D eigenvalue weighted by Gasteiger charge is -2.29. The first kappa shape index (κ1) is 16.7. The molecule has 5 rings (SSSR count). The van der Waals surface area contributed by atoms with E-state index in [2.05, 4.69) is 24.7 Å². The number of nitrogens with zero attached hydrogens (tertiary/aromatic N) is 6. The summed E-state index contributed by atoms with van der Waals surface area (Å²) in [5.74, 6) is 1.66. The molecular weight excluding hydrogens is 362 g/mol. The van der Waals surface area contributed by atoms with Crippen LogP contribution in [0.3, 0.4) is 0 Å². The highest BCUT2D eigenvalue weighted by Crippen LogP contribution is 2.30. The molecule has 4 aromatic rings. The van der Waals surface area contributed by atoms with E-state index in [9.17, 15) is 8.78 Å². The van der Waals surface area contributed by atoms with Gasteiger partial charge >= 0.3 is 0 Å². The highest BCUT2D eigenvalue weighted by molar-refractivity contribution is 5.89. The average Bonchev–Trinajstić information content (AvgIpc) is 3.16. The van der Waals surface area contributed by atoms with Crippen molar-refractivity contribution in [3.63, 3.8) is 0 Å². The molecule has 140 valence electrons. The van der Waals surface area contributed by atoms with Gasteiger partial charge in [0.05, 0.1) is 12.1 Å². The maximum atomic E-state index is 13.3. The molecular formula is C20H16F2N6. The summed E-state index contributed by atoms with van der Waals surface area (Å²) in [4.78, 5) is 10.1. The van der Waals surface area contributed by atoms with E-state index in [1.807, 2.05) is 47.4 Å². The SMILES string of the molecule is FC(F)c1nc(N2CCn3c(nnc3-c3ccccc3)C2)c2ccccc2n1. The number of alkyl halides is 2. The van der Waals surface area contributed by atoms with Gasteiger partial charge in [0.1, 0.15) is 5.82 Å². The molecule has 1 aliphatic rings. The van der Waals surface area contributed by atoms with Gasteiger partial charge in [0, 0.05) is 24.0 Å². The van der Waals surface area contributed by atoms with Gasteiger partial charge in [-0.1, -0.05) is 42.5 Å². The minimum atomic E-state index is -2.72. The number of hydrogen-bond donors (Lipinski definition) is 0. The van der Waals surface area contributed by atoms with Crippen molar-refractivity contribution in [2.24, 2.45) is 0 Å². The molecule has 0 aliphatic carbocycles. The molecule has 28 heavy (non-hydrogen) atoms. The molecule has 0 saturated heterocycles. The third-order valence-corrected chi connectivity index (χ3v) is 4.88. The normalized spacial score (nSPS) is 13.9. The Labute approximate surface area is 159 Å². The molecule has 3 heterocycles. The molecule has 0 atom stereocenters. The molecule has 2 aromatic heterocycles. The van der Waals surface area contributed by atoms with Crippen LogP contribution in [-0.4, -0.2) is 31.3 Å². The zero-order valence-corrected chi connectivity index (χ0v) is 14.8. The van der Waals surface area contributed by atoms with Crippen LogP contribution in [0.1, 0.15) is 18.1 Å². The number of halogens is 2. The van der Waals surface area contributed by atoms with Gasteiger partial charge in [-0.3, -0.25) is 0 Å². The van der Waals surface area contributed by atoms with Crippen LogP contribution in [0.5, 0.6) is 0 Å². The number of anilines is 1. The predicted molar refractivity (Wildman–Crippen MR) is 101 cm³/mol. The second-order valence-electron chi connectivity index (χ2n) is 6.60. The number of aromatic nitrogens is 5. The van der Waals surface area contributed by atoms with Gasteiger partial charge < -0.3 is 9.47 Å². The monoisotopic (exact) mass is 378 g/mol. The van der Waals surface area contributed by atoms with E-state index in [1.54, 1.807) is 12.1 Å². The number of fused-ring (bicyclic) bond motifs is 2. The van der Waals surface area contributed by atoms with Crippen LogP contribution in [0.25, 0.3) is 22.3 Å². The summed E-state index contributed by atoms with van der Waals surface area (Å²) in [5.41, 5.74) is 1.52. The molecule has 0 N–H and O–H groups in total. The Morgan fingerprint density at radius 3 is 2.46 bits per heavy atom. The summed E-state index contributed by atoms with van der Waals surface area (Å²) in [6, 6.07) is 17.1. The highest BCUT2D eigenvalue weighted by Gasteiger charge is 2.25. The van der Waals surface area contributed by atoms with Crippen molar-refractivity contribution in [3.8, 4) is 11.4 Å². The van der Waals surface area contributed by atoms with Crippen molar-refractivity contribution in [2.75, 3.05) is 11.4 Å². The van der Waals surface area contributed by atoms with Gasteiger partial charge in [-0.2, -0.15) is 0 Å². The van der Waals surface area contributed by atoms with E-state index in [0.29, 0.717) is 31.0 Å². The van der Waals surface area contributed by atoms with Gasteiger partial charge in [-0.25, -0.2) is 18.7 Å². The Kier molecular flexibility index (Phi) is 3.96. The van der Waals surface area contributed by atoms with E-state index >= 15 is 0 Å². The van der Waals surface area contributed by atoms with Gasteiger partial charge in [-0.15, -0.1) is 10.2 Å². The highest BCUT2D eigenvalue weighted by atomic mass is 19.3. The zero-order valence-electron chi connectivity index (χ0n) is 14.8. The van der Waals surface area contributed by atoms with Crippen molar-refractivity contribution in [2.45, 2.75) is 19.5 Å². The fourth-order valence-corrected chi connectivity index (χ4v) is 3.56. The molecule has 6 nitrogen and oxygen atoms in total. The van der Waals surface area contributed by atoms with Crippen molar-refractivity contribution in [3.05, 3.63) is 66.2 Å². The van der Waals surface area contributed by atoms with E-state index in [4.69, 9.17) is 0 Å². The zero-order chi connectivity index (χ0) is 19.1. The van der Waals surface area contributed by atoms with Crippen molar-refractivity contribution in [1.29, 1.82) is 0 Å². The fourth-order valence-electron chi connectivity index (χ4n) is 3.56. The molecule has 2 aromatic carbocycles. The van der Waals surface area contributed by atoms with Crippen molar-refractivity contribution >= 4 is 16.7 Å². The van der Waals surface area contributed by atoms with E-state index in [1.165, 1.54) is 0 Å². The van der Waals surface area contributed by atoms with Crippen LogP contribution in [0.4, 0.5) is 14.6 Å². The first-order chi connectivity index (χ1) is 13.7. The van der Waals surface area contributed by atoms with Gasteiger partial charge in [0.25, 0.3) is 6.43 Å².